The normalized spacial score (nSPS) is 12.5. The van der Waals surface area contributed by atoms with Gasteiger partial charge in [-0.2, -0.15) is 0 Å². The Balaban J connectivity index is 4.51. The summed E-state index contributed by atoms with van der Waals surface area (Å²) in [5.41, 5.74) is -0.776. The molecule has 0 aliphatic rings. The van der Waals surface area contributed by atoms with Gasteiger partial charge in [0.15, 0.2) is 0 Å². The number of rotatable bonds is 4. The van der Waals surface area contributed by atoms with Crippen LogP contribution in [0, 0.1) is 0 Å². The van der Waals surface area contributed by atoms with Crippen molar-refractivity contribution in [3.8, 4) is 0 Å². The molecule has 0 aliphatic heterocycles. The van der Waals surface area contributed by atoms with E-state index in [0.717, 1.165) is 0 Å². The number of alkyl carbamates (subject to hydrolysis) is 1. The first-order chi connectivity index (χ1) is 7.67. The summed E-state index contributed by atoms with van der Waals surface area (Å²) in [5.74, 6) is -2.54. The van der Waals surface area contributed by atoms with Gasteiger partial charge < -0.3 is 14.6 Å². The van der Waals surface area contributed by atoms with Crippen molar-refractivity contribution in [1.29, 1.82) is 0 Å². The van der Waals surface area contributed by atoms with Crippen LogP contribution in [0.1, 0.15) is 27.7 Å². The first-order valence-corrected chi connectivity index (χ1v) is 5.06. The van der Waals surface area contributed by atoms with Crippen LogP contribution in [0.3, 0.4) is 0 Å². The molecule has 0 radical (unpaired) electrons. The Kier molecular flexibility index (Phi) is 5.43. The van der Waals surface area contributed by atoms with Crippen molar-refractivity contribution >= 4 is 18.0 Å². The molecule has 7 nitrogen and oxygen atoms in total. The predicted octanol–water partition coefficient (Wildman–Crippen LogP) is 0.527. The monoisotopic (exact) mass is 247 g/mol. The Bertz CT molecular complexity index is 306. The smallest absolute Gasteiger partial charge is 0.408 e. The zero-order valence-corrected chi connectivity index (χ0v) is 10.3. The first-order valence-electron chi connectivity index (χ1n) is 5.06. The minimum Gasteiger partial charge on any atom is -0.479 e. The molecule has 0 aliphatic carbocycles. The second-order valence-corrected chi connectivity index (χ2v) is 4.17. The minimum atomic E-state index is -1.76. The molecule has 0 saturated heterocycles. The van der Waals surface area contributed by atoms with Gasteiger partial charge in [0, 0.05) is 0 Å². The van der Waals surface area contributed by atoms with Crippen molar-refractivity contribution in [2.75, 3.05) is 6.61 Å². The molecule has 1 amide bonds. The highest BCUT2D eigenvalue weighted by atomic mass is 16.6. The van der Waals surface area contributed by atoms with Crippen LogP contribution in [0.25, 0.3) is 0 Å². The van der Waals surface area contributed by atoms with Gasteiger partial charge in [-0.05, 0) is 27.7 Å². The fraction of sp³-hybridized carbons (Fsp3) is 0.700. The van der Waals surface area contributed by atoms with Crippen molar-refractivity contribution in [2.24, 2.45) is 0 Å². The van der Waals surface area contributed by atoms with E-state index in [-0.39, 0.29) is 6.61 Å². The van der Waals surface area contributed by atoms with Crippen LogP contribution >= 0.6 is 0 Å². The average molecular weight is 247 g/mol. The Morgan fingerprint density at radius 2 is 1.82 bits per heavy atom. The molecule has 0 saturated carbocycles. The highest BCUT2D eigenvalue weighted by Gasteiger charge is 2.31. The molecule has 7 heteroatoms. The number of ether oxygens (including phenoxy) is 2. The average Bonchev–Trinajstić information content (AvgIpc) is 2.11. The number of carbonyl (C=O) groups is 3. The Labute approximate surface area is 99.1 Å². The SMILES string of the molecule is CCOC(=O)[C@@H](NC(=O)OC(C)(C)C)C(=O)O. The predicted molar refractivity (Wildman–Crippen MR) is 57.4 cm³/mol. The maximum absolute atomic E-state index is 11.3. The largest absolute Gasteiger partial charge is 0.479 e. The second kappa shape index (κ2) is 6.07. The molecule has 0 aromatic rings. The highest BCUT2D eigenvalue weighted by Crippen LogP contribution is 2.07. The fourth-order valence-electron chi connectivity index (χ4n) is 0.872. The number of carboxylic acid groups (broad SMARTS) is 1. The number of hydrogen-bond acceptors (Lipinski definition) is 5. The summed E-state index contributed by atoms with van der Waals surface area (Å²) in [6.45, 7) is 6.41. The van der Waals surface area contributed by atoms with Crippen LogP contribution in [0.2, 0.25) is 0 Å². The van der Waals surface area contributed by atoms with E-state index >= 15 is 0 Å². The molecule has 0 fully saturated rings. The number of carboxylic acids is 1. The molecular weight excluding hydrogens is 230 g/mol. The number of esters is 1. The van der Waals surface area contributed by atoms with Crippen molar-refractivity contribution in [2.45, 2.75) is 39.3 Å². The van der Waals surface area contributed by atoms with E-state index < -0.39 is 29.7 Å². The molecule has 0 aromatic heterocycles. The van der Waals surface area contributed by atoms with Gasteiger partial charge >= 0.3 is 18.0 Å². The van der Waals surface area contributed by atoms with Crippen LogP contribution in [-0.4, -0.2) is 41.4 Å². The molecule has 0 heterocycles. The molecular formula is C10H17NO6. The summed E-state index contributed by atoms with van der Waals surface area (Å²) < 4.78 is 9.33. The zero-order valence-electron chi connectivity index (χ0n) is 10.3. The van der Waals surface area contributed by atoms with Crippen molar-refractivity contribution < 1.29 is 29.0 Å². The number of hydrogen-bond donors (Lipinski definition) is 2. The van der Waals surface area contributed by atoms with E-state index in [1.165, 1.54) is 6.92 Å². The summed E-state index contributed by atoms with van der Waals surface area (Å²) in [6.07, 6.45) is -0.988. The van der Waals surface area contributed by atoms with Gasteiger partial charge in [-0.3, -0.25) is 5.32 Å². The van der Waals surface area contributed by atoms with Gasteiger partial charge in [-0.15, -0.1) is 0 Å². The third-order valence-electron chi connectivity index (χ3n) is 1.43. The van der Waals surface area contributed by atoms with Gasteiger partial charge in [0.05, 0.1) is 6.61 Å². The lowest BCUT2D eigenvalue weighted by atomic mass is 10.2. The minimum absolute atomic E-state index is 0.0264. The lowest BCUT2D eigenvalue weighted by molar-refractivity contribution is -0.154. The third kappa shape index (κ3) is 6.39. The third-order valence-corrected chi connectivity index (χ3v) is 1.43. The summed E-state index contributed by atoms with van der Waals surface area (Å²) >= 11 is 0. The number of amides is 1. The number of aliphatic carboxylic acids is 1. The standard InChI is InChI=1S/C10H17NO6/c1-5-16-8(14)6(7(12)13)11-9(15)17-10(2,3)4/h6H,5H2,1-4H3,(H,11,15)(H,12,13)/t6-/m0/s1. The van der Waals surface area contributed by atoms with Gasteiger partial charge in [0.25, 0.3) is 0 Å². The van der Waals surface area contributed by atoms with E-state index in [9.17, 15) is 14.4 Å². The Morgan fingerprint density at radius 3 is 2.18 bits per heavy atom. The van der Waals surface area contributed by atoms with Crippen molar-refractivity contribution in [1.82, 2.24) is 5.32 Å². The highest BCUT2D eigenvalue weighted by molar-refractivity contribution is 6.00. The maximum Gasteiger partial charge on any atom is 0.408 e. The molecule has 0 unspecified atom stereocenters. The van der Waals surface area contributed by atoms with Crippen LogP contribution < -0.4 is 5.32 Å². The van der Waals surface area contributed by atoms with Gasteiger partial charge in [-0.25, -0.2) is 14.4 Å². The van der Waals surface area contributed by atoms with E-state index in [1.807, 2.05) is 5.32 Å². The van der Waals surface area contributed by atoms with Gasteiger partial charge in [0.2, 0.25) is 6.04 Å². The summed E-state index contributed by atoms with van der Waals surface area (Å²) in [5, 5.41) is 10.7. The van der Waals surface area contributed by atoms with Crippen LogP contribution in [0.5, 0.6) is 0 Å². The summed E-state index contributed by atoms with van der Waals surface area (Å²) in [6, 6.07) is -1.76. The van der Waals surface area contributed by atoms with E-state index in [4.69, 9.17) is 9.84 Å². The Hall–Kier alpha value is -1.79. The molecule has 0 spiro atoms. The first kappa shape index (κ1) is 15.2. The fourth-order valence-corrected chi connectivity index (χ4v) is 0.872. The van der Waals surface area contributed by atoms with Crippen molar-refractivity contribution in [3.05, 3.63) is 0 Å². The lowest BCUT2D eigenvalue weighted by Gasteiger charge is -2.21. The quantitative estimate of drug-likeness (QED) is 0.555. The van der Waals surface area contributed by atoms with E-state index in [0.29, 0.717) is 0 Å². The van der Waals surface area contributed by atoms with Crippen LogP contribution in [0.15, 0.2) is 0 Å². The van der Waals surface area contributed by atoms with Crippen LogP contribution in [0.4, 0.5) is 4.79 Å². The molecule has 1 atom stereocenters. The van der Waals surface area contributed by atoms with E-state index in [2.05, 4.69) is 4.74 Å². The molecule has 0 bridgehead atoms. The number of nitrogens with one attached hydrogen (secondary N) is 1. The van der Waals surface area contributed by atoms with Crippen molar-refractivity contribution in [3.63, 3.8) is 0 Å². The van der Waals surface area contributed by atoms with Gasteiger partial charge in [0.1, 0.15) is 5.60 Å². The lowest BCUT2D eigenvalue weighted by Crippen LogP contribution is -2.48. The van der Waals surface area contributed by atoms with Crippen LogP contribution in [-0.2, 0) is 19.1 Å². The van der Waals surface area contributed by atoms with Gasteiger partial charge in [-0.1, -0.05) is 0 Å². The molecule has 98 valence electrons. The van der Waals surface area contributed by atoms with E-state index in [1.54, 1.807) is 20.8 Å². The molecule has 2 N–H and O–H groups in total. The topological polar surface area (TPSA) is 102 Å². The molecule has 0 rings (SSSR count). The Morgan fingerprint density at radius 1 is 1.29 bits per heavy atom. The maximum atomic E-state index is 11.3. The number of carbonyl (C=O) groups excluding carboxylic acids is 2. The zero-order chi connectivity index (χ0) is 13.6. The molecule has 0 aromatic carbocycles. The summed E-state index contributed by atoms with van der Waals surface area (Å²) in [7, 11) is 0. The summed E-state index contributed by atoms with van der Waals surface area (Å²) in [4.78, 5) is 33.2. The second-order valence-electron chi connectivity index (χ2n) is 4.17. The molecule has 17 heavy (non-hydrogen) atoms.